The molecule has 0 unspecified atom stereocenters. The number of anilines is 1. The van der Waals surface area contributed by atoms with Crippen LogP contribution >= 0.6 is 22.9 Å². The molecule has 0 bridgehead atoms. The highest BCUT2D eigenvalue weighted by Crippen LogP contribution is 2.27. The number of unbranched alkanes of at least 4 members (excludes halogenated alkanes) is 1. The second kappa shape index (κ2) is 9.46. The Hall–Kier alpha value is -1.62. The molecule has 1 saturated heterocycles. The largest absolute Gasteiger partial charge is 0.300 e. The molecule has 0 atom stereocenters. The summed E-state index contributed by atoms with van der Waals surface area (Å²) in [5.74, 6) is -1.15. The van der Waals surface area contributed by atoms with Crippen LogP contribution in [0.4, 0.5) is 9.52 Å². The van der Waals surface area contributed by atoms with Crippen LogP contribution in [0.5, 0.6) is 0 Å². The van der Waals surface area contributed by atoms with Crippen LogP contribution in [0.1, 0.15) is 37.6 Å². The molecule has 29 heavy (non-hydrogen) atoms. The highest BCUT2D eigenvalue weighted by atomic mass is 35.5. The lowest BCUT2D eigenvalue weighted by Gasteiger charge is -2.30. The van der Waals surface area contributed by atoms with Gasteiger partial charge in [0.25, 0.3) is 0 Å². The third kappa shape index (κ3) is 5.30. The van der Waals surface area contributed by atoms with Gasteiger partial charge >= 0.3 is 0 Å². The maximum absolute atomic E-state index is 13.3. The number of sulfonamides is 1. The first kappa shape index (κ1) is 22.1. The Labute approximate surface area is 178 Å². The minimum absolute atomic E-state index is 0.0553. The molecule has 1 aromatic carbocycles. The topological polar surface area (TPSA) is 92.3 Å². The Morgan fingerprint density at radius 2 is 2.07 bits per heavy atom. The standard InChI is InChI=1S/C18H22ClFN4O3S2/c1-2-3-4-16-22-23-18(28-16)21-17(25)12-7-9-24(10-8-12)29(26,27)13-5-6-15(20)14(19)11-13/h5-6,11-12H,2-4,7-10H2,1H3,(H,21,23,25). The van der Waals surface area contributed by atoms with Crippen molar-refractivity contribution >= 4 is 44.0 Å². The zero-order valence-electron chi connectivity index (χ0n) is 15.9. The first-order valence-electron chi connectivity index (χ1n) is 9.39. The van der Waals surface area contributed by atoms with E-state index < -0.39 is 15.8 Å². The first-order chi connectivity index (χ1) is 13.8. The number of hydrogen-bond acceptors (Lipinski definition) is 6. The van der Waals surface area contributed by atoms with Gasteiger partial charge in [-0.25, -0.2) is 12.8 Å². The predicted octanol–water partition coefficient (Wildman–Crippen LogP) is 3.71. The fourth-order valence-electron chi connectivity index (χ4n) is 3.09. The zero-order valence-corrected chi connectivity index (χ0v) is 18.3. The summed E-state index contributed by atoms with van der Waals surface area (Å²) in [6, 6.07) is 3.34. The molecule has 1 aliphatic rings. The molecule has 0 aliphatic carbocycles. The molecule has 1 aromatic heterocycles. The number of halogens is 2. The van der Waals surface area contributed by atoms with Gasteiger partial charge in [0.2, 0.25) is 21.1 Å². The number of aryl methyl sites for hydroxylation is 1. The Morgan fingerprint density at radius 3 is 2.72 bits per heavy atom. The molecule has 158 valence electrons. The summed E-state index contributed by atoms with van der Waals surface area (Å²) in [7, 11) is -3.78. The number of carbonyl (C=O) groups excluding carboxylic acids is 1. The molecule has 1 fully saturated rings. The summed E-state index contributed by atoms with van der Waals surface area (Å²) in [5.41, 5.74) is 0. The minimum atomic E-state index is -3.78. The number of piperidine rings is 1. The fraction of sp³-hybridized carbons (Fsp3) is 0.500. The highest BCUT2D eigenvalue weighted by Gasteiger charge is 2.32. The van der Waals surface area contributed by atoms with Crippen molar-refractivity contribution in [2.24, 2.45) is 5.92 Å². The average molecular weight is 461 g/mol. The minimum Gasteiger partial charge on any atom is -0.300 e. The number of rotatable bonds is 7. The SMILES string of the molecule is CCCCc1nnc(NC(=O)C2CCN(S(=O)(=O)c3ccc(F)c(Cl)c3)CC2)s1. The van der Waals surface area contributed by atoms with Gasteiger partial charge < -0.3 is 5.32 Å². The second-order valence-corrected chi connectivity index (χ2v) is 10.3. The zero-order chi connectivity index (χ0) is 21.0. The molecule has 7 nitrogen and oxygen atoms in total. The van der Waals surface area contributed by atoms with Crippen LogP contribution in [0.25, 0.3) is 0 Å². The van der Waals surface area contributed by atoms with Crippen LogP contribution in [-0.2, 0) is 21.2 Å². The van der Waals surface area contributed by atoms with E-state index in [9.17, 15) is 17.6 Å². The molecule has 11 heteroatoms. The van der Waals surface area contributed by atoms with Crippen molar-refractivity contribution in [2.45, 2.75) is 43.9 Å². The van der Waals surface area contributed by atoms with Gasteiger partial charge in [0.15, 0.2) is 0 Å². The lowest BCUT2D eigenvalue weighted by Crippen LogP contribution is -2.41. The van der Waals surface area contributed by atoms with Gasteiger partial charge in [0.05, 0.1) is 9.92 Å². The number of nitrogens with zero attached hydrogens (tertiary/aromatic N) is 3. The monoisotopic (exact) mass is 460 g/mol. The van der Waals surface area contributed by atoms with Crippen LogP contribution in [0.15, 0.2) is 23.1 Å². The maximum Gasteiger partial charge on any atom is 0.243 e. The molecule has 2 aromatic rings. The van der Waals surface area contributed by atoms with Crippen molar-refractivity contribution in [2.75, 3.05) is 18.4 Å². The maximum atomic E-state index is 13.3. The summed E-state index contributed by atoms with van der Waals surface area (Å²) in [5, 5.41) is 12.0. The normalized spacial score (nSPS) is 16.1. The summed E-state index contributed by atoms with van der Waals surface area (Å²) in [4.78, 5) is 12.4. The van der Waals surface area contributed by atoms with Crippen molar-refractivity contribution in [3.8, 4) is 0 Å². The first-order valence-corrected chi connectivity index (χ1v) is 12.0. The molecule has 0 radical (unpaired) electrons. The van der Waals surface area contributed by atoms with E-state index in [1.807, 2.05) is 0 Å². The molecule has 1 N–H and O–H groups in total. The van der Waals surface area contributed by atoms with E-state index in [0.717, 1.165) is 36.4 Å². The van der Waals surface area contributed by atoms with E-state index in [0.29, 0.717) is 18.0 Å². The lowest BCUT2D eigenvalue weighted by molar-refractivity contribution is -0.120. The van der Waals surface area contributed by atoms with E-state index in [1.165, 1.54) is 21.7 Å². The lowest BCUT2D eigenvalue weighted by atomic mass is 9.97. The number of amides is 1. The molecular formula is C18H22ClFN4O3S2. The molecular weight excluding hydrogens is 439 g/mol. The number of hydrogen-bond donors (Lipinski definition) is 1. The Balaban J connectivity index is 1.57. The van der Waals surface area contributed by atoms with Gasteiger partial charge in [-0.05, 0) is 37.5 Å². The predicted molar refractivity (Wildman–Crippen MR) is 110 cm³/mol. The number of nitrogens with one attached hydrogen (secondary N) is 1. The molecule has 3 rings (SSSR count). The van der Waals surface area contributed by atoms with Gasteiger partial charge in [0, 0.05) is 25.4 Å². The van der Waals surface area contributed by atoms with Crippen LogP contribution in [0.3, 0.4) is 0 Å². The second-order valence-electron chi connectivity index (χ2n) is 6.85. The van der Waals surface area contributed by atoms with E-state index in [4.69, 9.17) is 11.6 Å². The van der Waals surface area contributed by atoms with E-state index >= 15 is 0 Å². The van der Waals surface area contributed by atoms with Crippen molar-refractivity contribution in [3.63, 3.8) is 0 Å². The van der Waals surface area contributed by atoms with E-state index in [-0.39, 0.29) is 34.8 Å². The highest BCUT2D eigenvalue weighted by molar-refractivity contribution is 7.89. The van der Waals surface area contributed by atoms with Gasteiger partial charge in [-0.1, -0.05) is 36.3 Å². The quantitative estimate of drug-likeness (QED) is 0.679. The van der Waals surface area contributed by atoms with Crippen LogP contribution in [0, 0.1) is 11.7 Å². The summed E-state index contributed by atoms with van der Waals surface area (Å²) >= 11 is 7.08. The Bertz CT molecular complexity index is 975. The van der Waals surface area contributed by atoms with Gasteiger partial charge in [-0.2, -0.15) is 4.31 Å². The van der Waals surface area contributed by atoms with Gasteiger partial charge in [-0.3, -0.25) is 4.79 Å². The van der Waals surface area contributed by atoms with Crippen LogP contribution in [0.2, 0.25) is 5.02 Å². The number of benzene rings is 1. The molecule has 0 spiro atoms. The molecule has 1 aliphatic heterocycles. The third-order valence-corrected chi connectivity index (χ3v) is 7.88. The average Bonchev–Trinajstić information content (AvgIpc) is 3.15. The Morgan fingerprint density at radius 1 is 1.34 bits per heavy atom. The van der Waals surface area contributed by atoms with Crippen molar-refractivity contribution < 1.29 is 17.6 Å². The fourth-order valence-corrected chi connectivity index (χ4v) is 5.61. The van der Waals surface area contributed by atoms with Crippen molar-refractivity contribution in [3.05, 3.63) is 34.0 Å². The molecule has 0 saturated carbocycles. The summed E-state index contributed by atoms with van der Waals surface area (Å²) in [6.45, 7) is 2.50. The number of aromatic nitrogens is 2. The van der Waals surface area contributed by atoms with Crippen molar-refractivity contribution in [1.82, 2.24) is 14.5 Å². The Kier molecular flexibility index (Phi) is 7.20. The molecule has 2 heterocycles. The van der Waals surface area contributed by atoms with Crippen LogP contribution < -0.4 is 5.32 Å². The van der Waals surface area contributed by atoms with E-state index in [1.54, 1.807) is 0 Å². The smallest absolute Gasteiger partial charge is 0.243 e. The van der Waals surface area contributed by atoms with Gasteiger partial charge in [-0.15, -0.1) is 10.2 Å². The number of carbonyl (C=O) groups is 1. The third-order valence-electron chi connectivity index (χ3n) is 4.79. The summed E-state index contributed by atoms with van der Waals surface area (Å²) in [6.07, 6.45) is 3.71. The van der Waals surface area contributed by atoms with Crippen LogP contribution in [-0.4, -0.2) is 41.9 Å². The van der Waals surface area contributed by atoms with Gasteiger partial charge in [0.1, 0.15) is 10.8 Å². The molecule has 1 amide bonds. The van der Waals surface area contributed by atoms with Crippen molar-refractivity contribution in [1.29, 1.82) is 0 Å². The summed E-state index contributed by atoms with van der Waals surface area (Å²) < 4.78 is 40.1. The van der Waals surface area contributed by atoms with E-state index in [2.05, 4.69) is 22.4 Å².